The van der Waals surface area contributed by atoms with Crippen LogP contribution in [0, 0.1) is 5.92 Å². The molecule has 1 N–H and O–H groups in total. The van der Waals surface area contributed by atoms with Gasteiger partial charge in [-0.15, -0.1) is 5.10 Å². The molecule has 8 heteroatoms. The van der Waals surface area contributed by atoms with E-state index in [0.29, 0.717) is 11.6 Å². The Bertz CT molecular complexity index is 617. The van der Waals surface area contributed by atoms with E-state index < -0.39 is 0 Å². The summed E-state index contributed by atoms with van der Waals surface area (Å²) in [5.74, 6) is 0.559. The van der Waals surface area contributed by atoms with Gasteiger partial charge in [-0.05, 0) is 31.6 Å². The molecule has 7 nitrogen and oxygen atoms in total. The van der Waals surface area contributed by atoms with Crippen molar-refractivity contribution in [3.05, 3.63) is 29.8 Å². The van der Waals surface area contributed by atoms with Crippen LogP contribution in [0.4, 0.5) is 0 Å². The molecule has 0 radical (unpaired) electrons. The fourth-order valence-electron chi connectivity index (χ4n) is 3.00. The van der Waals surface area contributed by atoms with Gasteiger partial charge in [-0.3, -0.25) is 9.58 Å². The minimum atomic E-state index is -0.0527. The first-order valence-corrected chi connectivity index (χ1v) is 9.06. The van der Waals surface area contributed by atoms with Crippen LogP contribution >= 0.6 is 11.8 Å². The van der Waals surface area contributed by atoms with Crippen molar-refractivity contribution in [1.82, 2.24) is 29.9 Å². The largest absolute Gasteiger partial charge is 0.390 e. The van der Waals surface area contributed by atoms with Crippen molar-refractivity contribution < 1.29 is 5.11 Å². The molecule has 2 aromatic heterocycles. The fourth-order valence-corrected chi connectivity index (χ4v) is 3.31. The Morgan fingerprint density at radius 1 is 1.35 bits per heavy atom. The summed E-state index contributed by atoms with van der Waals surface area (Å²) in [4.78, 5) is 11.1. The first kappa shape index (κ1) is 16.4. The Hall–Kier alpha value is -1.51. The zero-order chi connectivity index (χ0) is 16.1. The van der Waals surface area contributed by atoms with Crippen LogP contribution in [0.2, 0.25) is 0 Å². The number of rotatable bonds is 6. The van der Waals surface area contributed by atoms with Gasteiger partial charge in [-0.1, -0.05) is 17.0 Å². The average Bonchev–Trinajstić information content (AvgIpc) is 3.03. The SMILES string of the molecule is CSc1ncc(CN2CCC[C@H](Cn3cc(CO)nn3)C2)cn1. The van der Waals surface area contributed by atoms with Crippen molar-refractivity contribution in [1.29, 1.82) is 0 Å². The Balaban J connectivity index is 1.54. The lowest BCUT2D eigenvalue weighted by Gasteiger charge is -2.32. The van der Waals surface area contributed by atoms with Gasteiger partial charge in [0.25, 0.3) is 0 Å². The molecule has 23 heavy (non-hydrogen) atoms. The third-order valence-electron chi connectivity index (χ3n) is 4.07. The zero-order valence-electron chi connectivity index (χ0n) is 13.3. The van der Waals surface area contributed by atoms with Crippen molar-refractivity contribution in [2.24, 2.45) is 5.92 Å². The molecule has 0 aromatic carbocycles. The summed E-state index contributed by atoms with van der Waals surface area (Å²) in [7, 11) is 0. The van der Waals surface area contributed by atoms with Crippen LogP contribution in [0.3, 0.4) is 0 Å². The number of aliphatic hydroxyl groups excluding tert-OH is 1. The van der Waals surface area contributed by atoms with Gasteiger partial charge in [0.1, 0.15) is 5.69 Å². The number of aromatic nitrogens is 5. The van der Waals surface area contributed by atoms with Crippen molar-refractivity contribution in [3.8, 4) is 0 Å². The maximum Gasteiger partial charge on any atom is 0.187 e. The van der Waals surface area contributed by atoms with E-state index in [1.807, 2.05) is 29.5 Å². The maximum atomic E-state index is 9.06. The van der Waals surface area contributed by atoms with Gasteiger partial charge in [-0.25, -0.2) is 9.97 Å². The Morgan fingerprint density at radius 2 is 2.17 bits per heavy atom. The molecule has 3 rings (SSSR count). The monoisotopic (exact) mass is 334 g/mol. The van der Waals surface area contributed by atoms with Gasteiger partial charge in [0.15, 0.2) is 5.16 Å². The van der Waals surface area contributed by atoms with Crippen LogP contribution in [0.1, 0.15) is 24.1 Å². The first-order chi connectivity index (χ1) is 11.3. The Labute approximate surface area is 140 Å². The van der Waals surface area contributed by atoms with Crippen LogP contribution in [-0.4, -0.2) is 54.3 Å². The Morgan fingerprint density at radius 3 is 2.87 bits per heavy atom. The minimum absolute atomic E-state index is 0.0527. The molecule has 3 heterocycles. The number of aliphatic hydroxyl groups is 1. The summed E-state index contributed by atoms with van der Waals surface area (Å²) in [6.07, 6.45) is 10.0. The molecule has 1 atom stereocenters. The molecule has 0 amide bonds. The molecule has 0 saturated carbocycles. The second kappa shape index (κ2) is 7.85. The third kappa shape index (κ3) is 4.49. The fraction of sp³-hybridized carbons (Fsp3) is 0.600. The summed E-state index contributed by atoms with van der Waals surface area (Å²) in [5, 5.41) is 17.9. The molecular formula is C15H22N6OS. The molecule has 1 aliphatic heterocycles. The number of nitrogens with zero attached hydrogens (tertiary/aromatic N) is 6. The van der Waals surface area contributed by atoms with E-state index in [1.165, 1.54) is 12.8 Å². The molecule has 124 valence electrons. The second-order valence-corrected chi connectivity index (χ2v) is 6.68. The number of thioether (sulfide) groups is 1. The lowest BCUT2D eigenvalue weighted by atomic mass is 9.98. The molecule has 2 aromatic rings. The number of hydrogen-bond acceptors (Lipinski definition) is 7. The van der Waals surface area contributed by atoms with E-state index in [4.69, 9.17) is 5.11 Å². The minimum Gasteiger partial charge on any atom is -0.390 e. The van der Waals surface area contributed by atoms with Crippen molar-refractivity contribution in [3.63, 3.8) is 0 Å². The van der Waals surface area contributed by atoms with E-state index in [2.05, 4.69) is 25.2 Å². The van der Waals surface area contributed by atoms with Gasteiger partial charge >= 0.3 is 0 Å². The number of piperidine rings is 1. The molecule has 0 aliphatic carbocycles. The first-order valence-electron chi connectivity index (χ1n) is 7.84. The normalized spacial score (nSPS) is 19.1. The van der Waals surface area contributed by atoms with Crippen molar-refractivity contribution >= 4 is 11.8 Å². The molecule has 1 fully saturated rings. The van der Waals surface area contributed by atoms with Crippen molar-refractivity contribution in [2.45, 2.75) is 37.7 Å². The molecule has 1 aliphatic rings. The van der Waals surface area contributed by atoms with Gasteiger partial charge in [0.05, 0.1) is 12.8 Å². The smallest absolute Gasteiger partial charge is 0.187 e. The van der Waals surface area contributed by atoms with Gasteiger partial charge in [0.2, 0.25) is 0 Å². The topological polar surface area (TPSA) is 80.0 Å². The summed E-state index contributed by atoms with van der Waals surface area (Å²) in [6, 6.07) is 0. The van der Waals surface area contributed by atoms with Crippen LogP contribution in [-0.2, 0) is 19.7 Å². The van der Waals surface area contributed by atoms with E-state index in [9.17, 15) is 0 Å². The quantitative estimate of drug-likeness (QED) is 0.628. The zero-order valence-corrected chi connectivity index (χ0v) is 14.1. The summed E-state index contributed by atoms with van der Waals surface area (Å²) < 4.78 is 1.84. The van der Waals surface area contributed by atoms with Crippen LogP contribution < -0.4 is 0 Å². The van der Waals surface area contributed by atoms with Crippen LogP contribution in [0.15, 0.2) is 23.7 Å². The standard InChI is InChI=1S/C15H22N6OS/c1-23-15-16-5-13(6-17-15)8-20-4-2-3-12(7-20)9-21-10-14(11-22)18-19-21/h5-6,10,12,22H,2-4,7-9,11H2,1H3/t12-/m0/s1. The summed E-state index contributed by atoms with van der Waals surface area (Å²) in [6.45, 7) is 3.84. The summed E-state index contributed by atoms with van der Waals surface area (Å²) >= 11 is 1.56. The molecular weight excluding hydrogens is 312 g/mol. The predicted octanol–water partition coefficient (Wildman–Crippen LogP) is 1.19. The van der Waals surface area contributed by atoms with Crippen LogP contribution in [0.5, 0.6) is 0 Å². The van der Waals surface area contributed by atoms with Crippen LogP contribution in [0.25, 0.3) is 0 Å². The average molecular weight is 334 g/mol. The second-order valence-electron chi connectivity index (χ2n) is 5.91. The highest BCUT2D eigenvalue weighted by molar-refractivity contribution is 7.98. The molecule has 0 unspecified atom stereocenters. The number of likely N-dealkylation sites (tertiary alicyclic amines) is 1. The predicted molar refractivity (Wildman–Crippen MR) is 87.8 cm³/mol. The Kier molecular flexibility index (Phi) is 5.58. The van der Waals surface area contributed by atoms with E-state index in [-0.39, 0.29) is 6.61 Å². The highest BCUT2D eigenvalue weighted by Crippen LogP contribution is 2.20. The highest BCUT2D eigenvalue weighted by atomic mass is 32.2. The number of hydrogen-bond donors (Lipinski definition) is 1. The van der Waals surface area contributed by atoms with Gasteiger partial charge in [0, 0.05) is 37.6 Å². The maximum absolute atomic E-state index is 9.06. The highest BCUT2D eigenvalue weighted by Gasteiger charge is 2.21. The lowest BCUT2D eigenvalue weighted by molar-refractivity contribution is 0.152. The van der Waals surface area contributed by atoms with E-state index in [0.717, 1.165) is 36.9 Å². The molecule has 0 bridgehead atoms. The van der Waals surface area contributed by atoms with E-state index >= 15 is 0 Å². The van der Waals surface area contributed by atoms with Crippen molar-refractivity contribution in [2.75, 3.05) is 19.3 Å². The lowest BCUT2D eigenvalue weighted by Crippen LogP contribution is -2.36. The summed E-state index contributed by atoms with van der Waals surface area (Å²) in [5.41, 5.74) is 1.79. The molecule has 0 spiro atoms. The van der Waals surface area contributed by atoms with E-state index in [1.54, 1.807) is 11.8 Å². The molecule has 1 saturated heterocycles. The van der Waals surface area contributed by atoms with Gasteiger partial charge in [-0.2, -0.15) is 0 Å². The third-order valence-corrected chi connectivity index (χ3v) is 4.64. The van der Waals surface area contributed by atoms with Gasteiger partial charge < -0.3 is 5.11 Å².